The topological polar surface area (TPSA) is 31.8 Å². The first-order chi connectivity index (χ1) is 16.3. The standard InChI is InChI=1S/C28H36N4O/c1-4-14-30(15-5-1)16-18-32(19-17-31-20-22-33-23-21-31)26-11-8-25(9-12-26)28-13-10-24-6-2-3-7-27(24)29-28/h2-3,6-13H,1,4-5,14-23H2. The Bertz CT molecular complexity index is 988. The number of hydrogen-bond acceptors (Lipinski definition) is 5. The van der Waals surface area contributed by atoms with E-state index in [0.29, 0.717) is 0 Å². The van der Waals surface area contributed by atoms with Crippen molar-refractivity contribution in [1.29, 1.82) is 0 Å². The SMILES string of the molecule is c1ccc2nc(-c3ccc(N(CCN4CCCCC4)CCN4CCOCC4)cc3)ccc2c1. The van der Waals surface area contributed by atoms with Gasteiger partial charge in [0.05, 0.1) is 24.4 Å². The molecule has 5 nitrogen and oxygen atoms in total. The molecule has 2 saturated heterocycles. The molecule has 5 rings (SSSR count). The van der Waals surface area contributed by atoms with Crippen LogP contribution in [0.2, 0.25) is 0 Å². The number of anilines is 1. The maximum absolute atomic E-state index is 5.53. The first-order valence-electron chi connectivity index (χ1n) is 12.6. The van der Waals surface area contributed by atoms with Gasteiger partial charge in [-0.2, -0.15) is 0 Å². The Morgan fingerprint density at radius 1 is 0.727 bits per heavy atom. The summed E-state index contributed by atoms with van der Waals surface area (Å²) in [6, 6.07) is 21.6. The molecule has 2 fully saturated rings. The van der Waals surface area contributed by atoms with Crippen molar-refractivity contribution in [1.82, 2.24) is 14.8 Å². The van der Waals surface area contributed by atoms with Crippen LogP contribution in [-0.2, 0) is 4.74 Å². The number of pyridine rings is 1. The van der Waals surface area contributed by atoms with Crippen molar-refractivity contribution < 1.29 is 4.74 Å². The number of ether oxygens (including phenoxy) is 1. The van der Waals surface area contributed by atoms with Gasteiger partial charge in [0.25, 0.3) is 0 Å². The second-order valence-electron chi connectivity index (χ2n) is 9.28. The lowest BCUT2D eigenvalue weighted by Crippen LogP contribution is -2.44. The molecule has 0 saturated carbocycles. The van der Waals surface area contributed by atoms with Gasteiger partial charge in [-0.05, 0) is 50.2 Å². The molecule has 0 N–H and O–H groups in total. The van der Waals surface area contributed by atoms with E-state index in [4.69, 9.17) is 9.72 Å². The summed E-state index contributed by atoms with van der Waals surface area (Å²) in [7, 11) is 0. The summed E-state index contributed by atoms with van der Waals surface area (Å²) in [5.74, 6) is 0. The van der Waals surface area contributed by atoms with Gasteiger partial charge in [0.1, 0.15) is 0 Å². The minimum absolute atomic E-state index is 0.862. The molecular formula is C28H36N4O. The summed E-state index contributed by atoms with van der Waals surface area (Å²) in [6.45, 7) is 10.7. The smallest absolute Gasteiger partial charge is 0.0709 e. The summed E-state index contributed by atoms with van der Waals surface area (Å²) in [4.78, 5) is 12.6. The normalized spacial score (nSPS) is 17.9. The fourth-order valence-corrected chi connectivity index (χ4v) is 4.97. The number of benzene rings is 2. The Morgan fingerprint density at radius 2 is 1.42 bits per heavy atom. The average molecular weight is 445 g/mol. The third-order valence-electron chi connectivity index (χ3n) is 7.05. The van der Waals surface area contributed by atoms with Crippen molar-refractivity contribution in [2.24, 2.45) is 0 Å². The molecule has 0 aliphatic carbocycles. The lowest BCUT2D eigenvalue weighted by Gasteiger charge is -2.33. The van der Waals surface area contributed by atoms with E-state index >= 15 is 0 Å². The van der Waals surface area contributed by atoms with Gasteiger partial charge in [0.15, 0.2) is 0 Å². The van der Waals surface area contributed by atoms with Crippen molar-refractivity contribution in [2.75, 3.05) is 70.5 Å². The van der Waals surface area contributed by atoms with Crippen molar-refractivity contribution >= 4 is 16.6 Å². The number of nitrogens with zero attached hydrogens (tertiary/aromatic N) is 4. The molecule has 0 bridgehead atoms. The van der Waals surface area contributed by atoms with Crippen LogP contribution in [0.25, 0.3) is 22.2 Å². The molecule has 2 aliphatic heterocycles. The molecule has 0 unspecified atom stereocenters. The first-order valence-corrected chi connectivity index (χ1v) is 12.6. The van der Waals surface area contributed by atoms with E-state index in [1.165, 1.54) is 49.0 Å². The van der Waals surface area contributed by atoms with Crippen LogP contribution in [-0.4, -0.2) is 80.4 Å². The summed E-state index contributed by atoms with van der Waals surface area (Å²) < 4.78 is 5.53. The number of para-hydroxylation sites is 1. The minimum Gasteiger partial charge on any atom is -0.379 e. The van der Waals surface area contributed by atoms with Crippen LogP contribution in [0, 0.1) is 0 Å². The summed E-state index contributed by atoms with van der Waals surface area (Å²) >= 11 is 0. The van der Waals surface area contributed by atoms with Crippen LogP contribution in [0.1, 0.15) is 19.3 Å². The second-order valence-corrected chi connectivity index (χ2v) is 9.28. The van der Waals surface area contributed by atoms with Gasteiger partial charge in [-0.1, -0.05) is 42.8 Å². The van der Waals surface area contributed by atoms with E-state index in [1.807, 2.05) is 0 Å². The zero-order valence-electron chi connectivity index (χ0n) is 19.7. The Balaban J connectivity index is 1.29. The largest absolute Gasteiger partial charge is 0.379 e. The van der Waals surface area contributed by atoms with Gasteiger partial charge in [-0.15, -0.1) is 0 Å². The van der Waals surface area contributed by atoms with E-state index in [2.05, 4.69) is 75.4 Å². The van der Waals surface area contributed by atoms with Gasteiger partial charge in [-0.25, -0.2) is 4.98 Å². The van der Waals surface area contributed by atoms with Crippen LogP contribution < -0.4 is 4.90 Å². The first kappa shape index (κ1) is 22.3. The van der Waals surface area contributed by atoms with E-state index in [1.54, 1.807) is 0 Å². The van der Waals surface area contributed by atoms with Crippen LogP contribution in [0.3, 0.4) is 0 Å². The quantitative estimate of drug-likeness (QED) is 0.510. The van der Waals surface area contributed by atoms with Crippen LogP contribution in [0.5, 0.6) is 0 Å². The molecule has 33 heavy (non-hydrogen) atoms. The number of rotatable bonds is 8. The van der Waals surface area contributed by atoms with Gasteiger partial charge in [-0.3, -0.25) is 4.90 Å². The van der Waals surface area contributed by atoms with E-state index < -0.39 is 0 Å². The predicted octanol–water partition coefficient (Wildman–Crippen LogP) is 4.53. The monoisotopic (exact) mass is 444 g/mol. The van der Waals surface area contributed by atoms with Gasteiger partial charge >= 0.3 is 0 Å². The third-order valence-corrected chi connectivity index (χ3v) is 7.05. The van der Waals surface area contributed by atoms with Crippen molar-refractivity contribution in [2.45, 2.75) is 19.3 Å². The van der Waals surface area contributed by atoms with Gasteiger partial charge in [0.2, 0.25) is 0 Å². The maximum atomic E-state index is 5.53. The van der Waals surface area contributed by atoms with E-state index in [9.17, 15) is 0 Å². The zero-order valence-corrected chi connectivity index (χ0v) is 19.7. The Hall–Kier alpha value is -2.47. The molecule has 3 heterocycles. The number of piperidine rings is 1. The molecule has 2 aromatic carbocycles. The Morgan fingerprint density at radius 3 is 2.18 bits per heavy atom. The van der Waals surface area contributed by atoms with Crippen LogP contribution >= 0.6 is 0 Å². The summed E-state index contributed by atoms with van der Waals surface area (Å²) in [5.41, 5.74) is 4.57. The minimum atomic E-state index is 0.862. The molecule has 0 spiro atoms. The second kappa shape index (κ2) is 11.1. The summed E-state index contributed by atoms with van der Waals surface area (Å²) in [6.07, 6.45) is 4.09. The molecule has 1 aromatic heterocycles. The third kappa shape index (κ3) is 5.91. The average Bonchev–Trinajstić information content (AvgIpc) is 2.90. The van der Waals surface area contributed by atoms with E-state index in [-0.39, 0.29) is 0 Å². The number of morpholine rings is 1. The highest BCUT2D eigenvalue weighted by molar-refractivity contribution is 5.81. The number of aromatic nitrogens is 1. The molecular weight excluding hydrogens is 408 g/mol. The molecule has 0 amide bonds. The van der Waals surface area contributed by atoms with Crippen molar-refractivity contribution in [3.63, 3.8) is 0 Å². The fourth-order valence-electron chi connectivity index (χ4n) is 4.97. The maximum Gasteiger partial charge on any atom is 0.0709 e. The van der Waals surface area contributed by atoms with Crippen molar-refractivity contribution in [3.8, 4) is 11.3 Å². The number of hydrogen-bond donors (Lipinski definition) is 0. The lowest BCUT2D eigenvalue weighted by atomic mass is 10.1. The molecule has 5 heteroatoms. The summed E-state index contributed by atoms with van der Waals surface area (Å²) in [5, 5.41) is 1.19. The predicted molar refractivity (Wildman–Crippen MR) is 137 cm³/mol. The van der Waals surface area contributed by atoms with Crippen LogP contribution in [0.15, 0.2) is 60.7 Å². The van der Waals surface area contributed by atoms with Gasteiger partial charge < -0.3 is 14.5 Å². The highest BCUT2D eigenvalue weighted by Gasteiger charge is 2.16. The van der Waals surface area contributed by atoms with E-state index in [0.717, 1.165) is 63.7 Å². The highest BCUT2D eigenvalue weighted by atomic mass is 16.5. The lowest BCUT2D eigenvalue weighted by molar-refractivity contribution is 0.0391. The highest BCUT2D eigenvalue weighted by Crippen LogP contribution is 2.24. The molecule has 0 radical (unpaired) electrons. The Kier molecular flexibility index (Phi) is 7.51. The van der Waals surface area contributed by atoms with Crippen molar-refractivity contribution in [3.05, 3.63) is 60.7 Å². The molecule has 3 aromatic rings. The zero-order chi connectivity index (χ0) is 22.3. The van der Waals surface area contributed by atoms with Gasteiger partial charge in [0, 0.05) is 55.9 Å². The number of likely N-dealkylation sites (tertiary alicyclic amines) is 1. The fraction of sp³-hybridized carbons (Fsp3) is 0.464. The molecule has 174 valence electrons. The Labute approximate surface area is 198 Å². The van der Waals surface area contributed by atoms with Crippen LogP contribution in [0.4, 0.5) is 5.69 Å². The number of fused-ring (bicyclic) bond motifs is 1. The molecule has 0 atom stereocenters. The molecule has 2 aliphatic rings.